The molecule has 1 amide bonds. The number of halogens is 1. The molecule has 1 aliphatic rings. The molecule has 0 radical (unpaired) electrons. The number of benzene rings is 1. The van der Waals surface area contributed by atoms with Crippen molar-refractivity contribution < 1.29 is 9.90 Å². The van der Waals surface area contributed by atoms with E-state index in [2.05, 4.69) is 5.32 Å². The first-order valence-corrected chi connectivity index (χ1v) is 6.82. The van der Waals surface area contributed by atoms with E-state index in [0.29, 0.717) is 5.88 Å². The third-order valence-corrected chi connectivity index (χ3v) is 4.01. The van der Waals surface area contributed by atoms with Crippen LogP contribution in [0.1, 0.15) is 31.2 Å². The van der Waals surface area contributed by atoms with E-state index in [1.54, 1.807) is 18.2 Å². The number of nitrogens with one attached hydrogen (secondary N) is 1. The lowest BCUT2D eigenvalue weighted by Gasteiger charge is -2.27. The minimum absolute atomic E-state index is 0.0249. The van der Waals surface area contributed by atoms with Crippen molar-refractivity contribution in [2.45, 2.75) is 37.6 Å². The summed E-state index contributed by atoms with van der Waals surface area (Å²) in [6, 6.07) is 6.78. The van der Waals surface area contributed by atoms with Crippen molar-refractivity contribution in [2.75, 3.05) is 5.88 Å². The first kappa shape index (κ1) is 13.2. The second-order valence-corrected chi connectivity index (χ2v) is 5.28. The maximum atomic E-state index is 12.0. The molecule has 0 spiro atoms. The molecule has 1 fully saturated rings. The zero-order valence-corrected chi connectivity index (χ0v) is 11.0. The number of alkyl halides is 1. The van der Waals surface area contributed by atoms with E-state index in [4.69, 9.17) is 11.6 Å². The van der Waals surface area contributed by atoms with Crippen LogP contribution in [0.15, 0.2) is 24.3 Å². The molecule has 1 aromatic carbocycles. The van der Waals surface area contributed by atoms with Crippen molar-refractivity contribution in [2.24, 2.45) is 0 Å². The fourth-order valence-electron chi connectivity index (χ4n) is 2.54. The summed E-state index contributed by atoms with van der Waals surface area (Å²) in [6.07, 6.45) is 4.45. The van der Waals surface area contributed by atoms with Crippen LogP contribution in [0.4, 0.5) is 0 Å². The Bertz CT molecular complexity index is 428. The summed E-state index contributed by atoms with van der Waals surface area (Å²) in [5.41, 5.74) is 0.602. The van der Waals surface area contributed by atoms with Crippen molar-refractivity contribution in [3.05, 3.63) is 29.8 Å². The van der Waals surface area contributed by atoms with E-state index in [1.807, 2.05) is 6.07 Å². The third kappa shape index (κ3) is 3.16. The maximum Gasteiger partial charge on any atom is 0.224 e. The zero-order valence-electron chi connectivity index (χ0n) is 10.3. The lowest BCUT2D eigenvalue weighted by atomic mass is 9.99. The summed E-state index contributed by atoms with van der Waals surface area (Å²) in [5.74, 6) is 0.634. The predicted octanol–water partition coefficient (Wildman–Crippen LogP) is 2.60. The third-order valence-electron chi connectivity index (χ3n) is 3.50. The van der Waals surface area contributed by atoms with Gasteiger partial charge in [-0.15, -0.1) is 11.6 Å². The van der Waals surface area contributed by atoms with Crippen LogP contribution < -0.4 is 5.32 Å². The largest absolute Gasteiger partial charge is 0.508 e. The summed E-state index contributed by atoms with van der Waals surface area (Å²) in [4.78, 5) is 12.0. The van der Waals surface area contributed by atoms with Gasteiger partial charge in [0.25, 0.3) is 0 Å². The molecule has 2 rings (SSSR count). The molecule has 0 saturated heterocycles. The van der Waals surface area contributed by atoms with E-state index in [1.165, 1.54) is 0 Å². The minimum Gasteiger partial charge on any atom is -0.508 e. The fourth-order valence-corrected chi connectivity index (χ4v) is 2.87. The molecule has 98 valence electrons. The predicted molar refractivity (Wildman–Crippen MR) is 71.9 cm³/mol. The van der Waals surface area contributed by atoms with Crippen LogP contribution >= 0.6 is 11.6 Å². The Morgan fingerprint density at radius 3 is 2.72 bits per heavy atom. The van der Waals surface area contributed by atoms with E-state index >= 15 is 0 Å². The highest BCUT2D eigenvalue weighted by Crippen LogP contribution is 2.30. The molecule has 2 N–H and O–H groups in total. The van der Waals surface area contributed by atoms with Crippen molar-refractivity contribution in [3.8, 4) is 5.75 Å². The number of phenols is 1. The Morgan fingerprint density at radius 2 is 2.11 bits per heavy atom. The molecule has 0 atom stereocenters. The number of phenolic OH excluding ortho intramolecular Hbond substituents is 1. The topological polar surface area (TPSA) is 49.3 Å². The van der Waals surface area contributed by atoms with Crippen LogP contribution in [0.5, 0.6) is 5.75 Å². The smallest absolute Gasteiger partial charge is 0.224 e. The van der Waals surface area contributed by atoms with Gasteiger partial charge in [0.2, 0.25) is 5.91 Å². The molecule has 0 heterocycles. The number of amides is 1. The maximum absolute atomic E-state index is 12.0. The van der Waals surface area contributed by atoms with Crippen molar-refractivity contribution >= 4 is 17.5 Å². The van der Waals surface area contributed by atoms with E-state index in [-0.39, 0.29) is 23.6 Å². The van der Waals surface area contributed by atoms with Gasteiger partial charge in [0.1, 0.15) is 5.75 Å². The number of hydrogen-bond acceptors (Lipinski definition) is 2. The lowest BCUT2D eigenvalue weighted by Crippen LogP contribution is -2.48. The van der Waals surface area contributed by atoms with Gasteiger partial charge in [-0.2, -0.15) is 0 Å². The van der Waals surface area contributed by atoms with Gasteiger partial charge in [-0.05, 0) is 30.5 Å². The highest BCUT2D eigenvalue weighted by Gasteiger charge is 2.34. The number of hydrogen-bond donors (Lipinski definition) is 2. The number of aromatic hydroxyl groups is 1. The summed E-state index contributed by atoms with van der Waals surface area (Å²) >= 11 is 5.98. The molecule has 4 heteroatoms. The van der Waals surface area contributed by atoms with Gasteiger partial charge in [-0.1, -0.05) is 25.0 Å². The van der Waals surface area contributed by atoms with Crippen LogP contribution in [0.3, 0.4) is 0 Å². The molecule has 0 bridgehead atoms. The molecule has 1 saturated carbocycles. The van der Waals surface area contributed by atoms with Crippen LogP contribution in [-0.4, -0.2) is 22.4 Å². The fraction of sp³-hybridized carbons (Fsp3) is 0.500. The second kappa shape index (κ2) is 5.61. The van der Waals surface area contributed by atoms with E-state index in [9.17, 15) is 9.90 Å². The summed E-state index contributed by atoms with van der Waals surface area (Å²) in [7, 11) is 0. The highest BCUT2D eigenvalue weighted by molar-refractivity contribution is 6.18. The molecular formula is C14H18ClNO2. The summed E-state index contributed by atoms with van der Waals surface area (Å²) in [5, 5.41) is 12.4. The average Bonchev–Trinajstić information content (AvgIpc) is 2.78. The van der Waals surface area contributed by atoms with E-state index in [0.717, 1.165) is 31.2 Å². The Morgan fingerprint density at radius 1 is 1.39 bits per heavy atom. The molecular weight excluding hydrogens is 250 g/mol. The van der Waals surface area contributed by atoms with Gasteiger partial charge >= 0.3 is 0 Å². The molecule has 0 unspecified atom stereocenters. The quantitative estimate of drug-likeness (QED) is 0.824. The number of carbonyl (C=O) groups excluding carboxylic acids is 1. The summed E-state index contributed by atoms with van der Waals surface area (Å²) < 4.78 is 0. The Kier molecular flexibility index (Phi) is 4.12. The number of carbonyl (C=O) groups is 1. The lowest BCUT2D eigenvalue weighted by molar-refractivity contribution is -0.122. The summed E-state index contributed by atoms with van der Waals surface area (Å²) in [6.45, 7) is 0. The van der Waals surface area contributed by atoms with Crippen LogP contribution in [0.2, 0.25) is 0 Å². The van der Waals surface area contributed by atoms with Crippen molar-refractivity contribution in [1.82, 2.24) is 5.32 Å². The first-order valence-electron chi connectivity index (χ1n) is 6.28. The van der Waals surface area contributed by atoms with Crippen molar-refractivity contribution in [3.63, 3.8) is 0 Å². The normalized spacial score (nSPS) is 17.6. The molecule has 1 aromatic rings. The van der Waals surface area contributed by atoms with E-state index < -0.39 is 0 Å². The Balaban J connectivity index is 1.96. The Hall–Kier alpha value is -1.22. The molecule has 0 aromatic heterocycles. The highest BCUT2D eigenvalue weighted by atomic mass is 35.5. The molecule has 0 aliphatic heterocycles. The van der Waals surface area contributed by atoms with Crippen LogP contribution in [-0.2, 0) is 11.2 Å². The van der Waals surface area contributed by atoms with Crippen molar-refractivity contribution in [1.29, 1.82) is 0 Å². The van der Waals surface area contributed by atoms with Gasteiger partial charge in [0, 0.05) is 5.88 Å². The molecule has 3 nitrogen and oxygen atoms in total. The van der Waals surface area contributed by atoms with Crippen LogP contribution in [0.25, 0.3) is 0 Å². The Labute approximate surface area is 112 Å². The SMILES string of the molecule is O=C(Cc1cccc(O)c1)NC1(CCl)CCCC1. The average molecular weight is 268 g/mol. The molecule has 18 heavy (non-hydrogen) atoms. The van der Waals surface area contributed by atoms with Gasteiger partial charge < -0.3 is 10.4 Å². The standard InChI is InChI=1S/C14H18ClNO2/c15-10-14(6-1-2-7-14)16-13(18)9-11-4-3-5-12(17)8-11/h3-5,8,17H,1-2,6-7,9-10H2,(H,16,18). The first-order chi connectivity index (χ1) is 8.63. The monoisotopic (exact) mass is 267 g/mol. The van der Waals surface area contributed by atoms with Gasteiger partial charge in [-0.3, -0.25) is 4.79 Å². The number of rotatable bonds is 4. The van der Waals surface area contributed by atoms with Crippen LogP contribution in [0, 0.1) is 0 Å². The second-order valence-electron chi connectivity index (χ2n) is 5.02. The molecule has 1 aliphatic carbocycles. The van der Waals surface area contributed by atoms with Gasteiger partial charge in [0.05, 0.1) is 12.0 Å². The zero-order chi connectivity index (χ0) is 13.0. The van der Waals surface area contributed by atoms with Gasteiger partial charge in [0.15, 0.2) is 0 Å². The minimum atomic E-state index is -0.213. The van der Waals surface area contributed by atoms with Gasteiger partial charge in [-0.25, -0.2) is 0 Å².